The largest absolute Gasteiger partial charge is 0.489 e. The molecule has 0 saturated carbocycles. The first-order valence-corrected chi connectivity index (χ1v) is 7.13. The number of pyridine rings is 1. The molecule has 4 heteroatoms. The van der Waals surface area contributed by atoms with E-state index in [1.54, 1.807) is 18.3 Å². The van der Waals surface area contributed by atoms with Crippen molar-refractivity contribution < 1.29 is 10.0 Å². The summed E-state index contributed by atoms with van der Waals surface area (Å²) in [6, 6.07) is 19.2. The Morgan fingerprint density at radius 2 is 1.64 bits per heavy atom. The molecule has 0 aliphatic rings. The predicted octanol–water partition coefficient (Wildman–Crippen LogP) is 2.40. The standard InChI is InChI=1S/C18H16BNO2/c1-13-9-10-20-18(11-13)15-6-4-5-14(12-15)16-7-2-3-8-17(16)19(21)22/h2-12,21-22H,1H3. The lowest BCUT2D eigenvalue weighted by Crippen LogP contribution is -2.31. The van der Waals surface area contributed by atoms with E-state index in [1.165, 1.54) is 0 Å². The molecule has 0 amide bonds. The Kier molecular flexibility index (Phi) is 4.05. The number of aromatic nitrogens is 1. The van der Waals surface area contributed by atoms with Gasteiger partial charge in [-0.2, -0.15) is 0 Å². The van der Waals surface area contributed by atoms with Crippen molar-refractivity contribution in [2.24, 2.45) is 0 Å². The van der Waals surface area contributed by atoms with Crippen LogP contribution in [0.3, 0.4) is 0 Å². The second kappa shape index (κ2) is 6.14. The quantitative estimate of drug-likeness (QED) is 0.728. The molecule has 108 valence electrons. The van der Waals surface area contributed by atoms with Gasteiger partial charge in [-0.15, -0.1) is 0 Å². The first-order chi connectivity index (χ1) is 10.6. The van der Waals surface area contributed by atoms with Crippen LogP contribution in [0.4, 0.5) is 0 Å². The Hall–Kier alpha value is -2.43. The maximum Gasteiger partial charge on any atom is 0.489 e. The number of nitrogens with zero attached hydrogens (tertiary/aromatic N) is 1. The number of aryl methyl sites for hydroxylation is 1. The average Bonchev–Trinajstić information content (AvgIpc) is 2.55. The van der Waals surface area contributed by atoms with Gasteiger partial charge in [0.1, 0.15) is 0 Å². The van der Waals surface area contributed by atoms with Crippen LogP contribution < -0.4 is 5.46 Å². The predicted molar refractivity (Wildman–Crippen MR) is 89.7 cm³/mol. The molecule has 22 heavy (non-hydrogen) atoms. The fourth-order valence-corrected chi connectivity index (χ4v) is 2.53. The summed E-state index contributed by atoms with van der Waals surface area (Å²) in [5.41, 5.74) is 5.31. The summed E-state index contributed by atoms with van der Waals surface area (Å²) in [4.78, 5) is 4.40. The fraction of sp³-hybridized carbons (Fsp3) is 0.0556. The Morgan fingerprint density at radius 3 is 2.41 bits per heavy atom. The van der Waals surface area contributed by atoms with Gasteiger partial charge in [0.25, 0.3) is 0 Å². The molecule has 0 unspecified atom stereocenters. The Balaban J connectivity index is 2.09. The average molecular weight is 289 g/mol. The Labute approximate surface area is 130 Å². The van der Waals surface area contributed by atoms with Gasteiger partial charge in [-0.25, -0.2) is 0 Å². The SMILES string of the molecule is Cc1ccnc(-c2cccc(-c3ccccc3B(O)O)c2)c1. The summed E-state index contributed by atoms with van der Waals surface area (Å²) >= 11 is 0. The third kappa shape index (κ3) is 2.93. The van der Waals surface area contributed by atoms with E-state index in [0.29, 0.717) is 5.46 Å². The van der Waals surface area contributed by atoms with Gasteiger partial charge >= 0.3 is 7.12 Å². The molecule has 0 aliphatic carbocycles. The maximum absolute atomic E-state index is 9.53. The van der Waals surface area contributed by atoms with Gasteiger partial charge < -0.3 is 10.0 Å². The van der Waals surface area contributed by atoms with E-state index in [0.717, 1.165) is 27.9 Å². The van der Waals surface area contributed by atoms with E-state index in [-0.39, 0.29) is 0 Å². The van der Waals surface area contributed by atoms with Gasteiger partial charge in [-0.1, -0.05) is 42.5 Å². The molecule has 3 nitrogen and oxygen atoms in total. The lowest BCUT2D eigenvalue weighted by Gasteiger charge is -2.10. The molecule has 0 fully saturated rings. The van der Waals surface area contributed by atoms with Crippen molar-refractivity contribution in [3.8, 4) is 22.4 Å². The molecular formula is C18H16BNO2. The molecule has 2 aromatic carbocycles. The van der Waals surface area contributed by atoms with Crippen LogP contribution in [0.2, 0.25) is 0 Å². The summed E-state index contributed by atoms with van der Waals surface area (Å²) in [5, 5.41) is 19.1. The van der Waals surface area contributed by atoms with Crippen molar-refractivity contribution in [2.45, 2.75) is 6.92 Å². The molecule has 0 aliphatic heterocycles. The summed E-state index contributed by atoms with van der Waals surface area (Å²) in [7, 11) is -1.49. The van der Waals surface area contributed by atoms with Gasteiger partial charge in [0.15, 0.2) is 0 Å². The highest BCUT2D eigenvalue weighted by molar-refractivity contribution is 6.60. The molecule has 0 bridgehead atoms. The van der Waals surface area contributed by atoms with Gasteiger partial charge in [0, 0.05) is 11.8 Å². The lowest BCUT2D eigenvalue weighted by atomic mass is 9.75. The van der Waals surface area contributed by atoms with Gasteiger partial charge in [0.05, 0.1) is 5.69 Å². The molecule has 3 aromatic rings. The van der Waals surface area contributed by atoms with Crippen molar-refractivity contribution in [1.29, 1.82) is 0 Å². The molecule has 0 radical (unpaired) electrons. The second-order valence-corrected chi connectivity index (χ2v) is 5.26. The fourth-order valence-electron chi connectivity index (χ4n) is 2.53. The molecular weight excluding hydrogens is 273 g/mol. The first kappa shape index (κ1) is 14.5. The van der Waals surface area contributed by atoms with E-state index in [9.17, 15) is 10.0 Å². The topological polar surface area (TPSA) is 53.4 Å². The van der Waals surface area contributed by atoms with Crippen LogP contribution in [0, 0.1) is 6.92 Å². The number of hydrogen-bond donors (Lipinski definition) is 2. The van der Waals surface area contributed by atoms with Crippen LogP contribution in [0.5, 0.6) is 0 Å². The molecule has 0 spiro atoms. The third-order valence-electron chi connectivity index (χ3n) is 3.62. The normalized spacial score (nSPS) is 10.5. The summed E-state index contributed by atoms with van der Waals surface area (Å²) in [6.07, 6.45) is 1.79. The van der Waals surface area contributed by atoms with Crippen molar-refractivity contribution in [1.82, 2.24) is 4.98 Å². The highest BCUT2D eigenvalue weighted by atomic mass is 16.4. The van der Waals surface area contributed by atoms with E-state index < -0.39 is 7.12 Å². The zero-order chi connectivity index (χ0) is 15.5. The summed E-state index contributed by atoms with van der Waals surface area (Å²) in [6.45, 7) is 2.03. The van der Waals surface area contributed by atoms with Gasteiger partial charge in [0.2, 0.25) is 0 Å². The van der Waals surface area contributed by atoms with E-state index in [1.807, 2.05) is 55.5 Å². The van der Waals surface area contributed by atoms with E-state index in [4.69, 9.17) is 0 Å². The molecule has 1 heterocycles. The van der Waals surface area contributed by atoms with Crippen LogP contribution in [0.25, 0.3) is 22.4 Å². The van der Waals surface area contributed by atoms with Crippen molar-refractivity contribution >= 4 is 12.6 Å². The summed E-state index contributed by atoms with van der Waals surface area (Å²) < 4.78 is 0. The monoisotopic (exact) mass is 289 g/mol. The lowest BCUT2D eigenvalue weighted by molar-refractivity contribution is 0.426. The minimum atomic E-state index is -1.49. The minimum Gasteiger partial charge on any atom is -0.423 e. The number of hydrogen-bond acceptors (Lipinski definition) is 3. The highest BCUT2D eigenvalue weighted by Crippen LogP contribution is 2.24. The molecule has 3 rings (SSSR count). The molecule has 0 saturated heterocycles. The second-order valence-electron chi connectivity index (χ2n) is 5.26. The zero-order valence-electron chi connectivity index (χ0n) is 12.3. The Morgan fingerprint density at radius 1 is 0.864 bits per heavy atom. The summed E-state index contributed by atoms with van der Waals surface area (Å²) in [5.74, 6) is 0. The van der Waals surface area contributed by atoms with Crippen LogP contribution in [-0.4, -0.2) is 22.2 Å². The molecule has 1 aromatic heterocycles. The van der Waals surface area contributed by atoms with Crippen LogP contribution in [0.15, 0.2) is 66.9 Å². The third-order valence-corrected chi connectivity index (χ3v) is 3.62. The minimum absolute atomic E-state index is 0.497. The van der Waals surface area contributed by atoms with Crippen LogP contribution >= 0.6 is 0 Å². The Bertz CT molecular complexity index is 802. The smallest absolute Gasteiger partial charge is 0.423 e. The first-order valence-electron chi connectivity index (χ1n) is 7.13. The molecule has 0 atom stereocenters. The van der Waals surface area contributed by atoms with E-state index >= 15 is 0 Å². The van der Waals surface area contributed by atoms with Crippen molar-refractivity contribution in [3.05, 3.63) is 72.4 Å². The van der Waals surface area contributed by atoms with Gasteiger partial charge in [-0.05, 0) is 47.3 Å². The van der Waals surface area contributed by atoms with Gasteiger partial charge in [-0.3, -0.25) is 4.98 Å². The van der Waals surface area contributed by atoms with Crippen LogP contribution in [-0.2, 0) is 0 Å². The highest BCUT2D eigenvalue weighted by Gasteiger charge is 2.16. The van der Waals surface area contributed by atoms with Crippen molar-refractivity contribution in [2.75, 3.05) is 0 Å². The number of rotatable bonds is 3. The maximum atomic E-state index is 9.53. The van der Waals surface area contributed by atoms with Crippen molar-refractivity contribution in [3.63, 3.8) is 0 Å². The van der Waals surface area contributed by atoms with Crippen LogP contribution in [0.1, 0.15) is 5.56 Å². The van der Waals surface area contributed by atoms with E-state index in [2.05, 4.69) is 4.98 Å². The number of benzene rings is 2. The molecule has 2 N–H and O–H groups in total. The zero-order valence-corrected chi connectivity index (χ0v) is 12.3.